The van der Waals surface area contributed by atoms with E-state index in [1.54, 1.807) is 0 Å². The lowest BCUT2D eigenvalue weighted by Gasteiger charge is -2.13. The predicted molar refractivity (Wildman–Crippen MR) is 129 cm³/mol. The maximum atomic E-state index is 13.5. The van der Waals surface area contributed by atoms with Crippen LogP contribution >= 0.6 is 0 Å². The molecule has 0 fully saturated rings. The van der Waals surface area contributed by atoms with Crippen LogP contribution in [-0.2, 0) is 34.0 Å². The molecule has 8 nitrogen and oxygen atoms in total. The van der Waals surface area contributed by atoms with Gasteiger partial charge in [0.15, 0.2) is 0 Å². The molecule has 1 heterocycles. The van der Waals surface area contributed by atoms with E-state index in [0.717, 1.165) is 31.2 Å². The van der Waals surface area contributed by atoms with Crippen molar-refractivity contribution in [3.05, 3.63) is 52.5 Å². The third kappa shape index (κ3) is 10.5. The Morgan fingerprint density at radius 3 is 2.44 bits per heavy atom. The molecule has 0 unspecified atom stereocenters. The van der Waals surface area contributed by atoms with Crippen molar-refractivity contribution < 1.29 is 35.9 Å². The Morgan fingerprint density at radius 2 is 1.94 bits per heavy atom. The van der Waals surface area contributed by atoms with Crippen molar-refractivity contribution in [1.29, 1.82) is 0 Å². The number of sulfonamides is 1. The summed E-state index contributed by atoms with van der Waals surface area (Å²) in [6, 6.07) is 4.78. The maximum absolute atomic E-state index is 13.5. The van der Waals surface area contributed by atoms with Crippen molar-refractivity contribution in [3.8, 4) is 12.3 Å². The van der Waals surface area contributed by atoms with Gasteiger partial charge in [-0.05, 0) is 42.2 Å². The molecule has 0 bridgehead atoms. The number of halogens is 4. The number of carboxylic acids is 1. The van der Waals surface area contributed by atoms with Gasteiger partial charge in [-0.1, -0.05) is 25.3 Å². The summed E-state index contributed by atoms with van der Waals surface area (Å²) < 4.78 is 75.4. The second kappa shape index (κ2) is 13.6. The standard InChI is InChI=1S/C13H17F3N2O2.C10H11FN2O2S/c1-2-3-8-17-12-9(5-7-11(19)20)4-6-10(18-12)13(14,15)16;1-3-8-4-7(6-12)5-9(11)10(8)13-16(2,14)15/h4,6H,2-3,5,7-8H2,1H3,(H,17,18)(H,19,20);1,4-5,13H,6,12H2,2H3. The number of hydrogen-bond acceptors (Lipinski definition) is 6. The lowest BCUT2D eigenvalue weighted by Crippen LogP contribution is -2.13. The fourth-order valence-corrected chi connectivity index (χ4v) is 3.39. The van der Waals surface area contributed by atoms with Crippen LogP contribution in [0.5, 0.6) is 0 Å². The highest BCUT2D eigenvalue weighted by molar-refractivity contribution is 7.92. The number of aliphatic carboxylic acids is 1. The van der Waals surface area contributed by atoms with E-state index < -0.39 is 33.7 Å². The summed E-state index contributed by atoms with van der Waals surface area (Å²) in [4.78, 5) is 14.1. The number of aromatic nitrogens is 1. The van der Waals surface area contributed by atoms with E-state index in [-0.39, 0.29) is 36.5 Å². The van der Waals surface area contributed by atoms with Crippen molar-refractivity contribution in [2.24, 2.45) is 5.73 Å². The molecular weight excluding hydrogens is 504 g/mol. The fourth-order valence-electron chi connectivity index (χ4n) is 2.81. The Hall–Kier alpha value is -3.37. The predicted octanol–water partition coefficient (Wildman–Crippen LogP) is 3.97. The Kier molecular flexibility index (Phi) is 11.6. The van der Waals surface area contributed by atoms with Crippen LogP contribution in [0.4, 0.5) is 29.1 Å². The van der Waals surface area contributed by atoms with Crippen LogP contribution < -0.4 is 15.8 Å². The summed E-state index contributed by atoms with van der Waals surface area (Å²) in [5.74, 6) is 0.600. The first-order chi connectivity index (χ1) is 16.7. The SMILES string of the molecule is C#Cc1cc(CN)cc(F)c1NS(C)(=O)=O.CCCCNc1nc(C(F)(F)F)ccc1CCC(=O)O. The average molecular weight is 533 g/mol. The zero-order valence-corrected chi connectivity index (χ0v) is 20.6. The first kappa shape index (κ1) is 30.7. The summed E-state index contributed by atoms with van der Waals surface area (Å²) in [5.41, 5.74) is 5.27. The van der Waals surface area contributed by atoms with Crippen LogP contribution in [0, 0.1) is 18.2 Å². The second-order valence-electron chi connectivity index (χ2n) is 7.60. The van der Waals surface area contributed by atoms with Crippen LogP contribution in [0.3, 0.4) is 0 Å². The number of nitrogens with zero attached hydrogens (tertiary/aromatic N) is 1. The molecule has 2 aromatic rings. The minimum absolute atomic E-state index is 0.120. The van der Waals surface area contributed by atoms with E-state index in [9.17, 15) is 30.8 Å². The third-order valence-electron chi connectivity index (χ3n) is 4.53. The zero-order chi connectivity index (χ0) is 27.5. The lowest BCUT2D eigenvalue weighted by molar-refractivity contribution is -0.141. The normalized spacial score (nSPS) is 11.2. The number of anilines is 2. The molecule has 0 amide bonds. The number of carbonyl (C=O) groups is 1. The van der Waals surface area contributed by atoms with Gasteiger partial charge in [0.25, 0.3) is 0 Å². The summed E-state index contributed by atoms with van der Waals surface area (Å²) in [6.45, 7) is 2.60. The molecule has 1 aromatic heterocycles. The van der Waals surface area contributed by atoms with Crippen molar-refractivity contribution in [3.63, 3.8) is 0 Å². The topological polar surface area (TPSA) is 134 Å². The van der Waals surface area contributed by atoms with E-state index in [2.05, 4.69) is 16.2 Å². The molecule has 5 N–H and O–H groups in total. The Bertz CT molecular complexity index is 1200. The molecule has 198 valence electrons. The van der Waals surface area contributed by atoms with Crippen LogP contribution in [0.15, 0.2) is 24.3 Å². The molecule has 0 saturated carbocycles. The molecule has 0 atom stereocenters. The Morgan fingerprint density at radius 1 is 1.28 bits per heavy atom. The van der Waals surface area contributed by atoms with E-state index in [0.29, 0.717) is 17.7 Å². The van der Waals surface area contributed by atoms with Gasteiger partial charge in [0.2, 0.25) is 10.0 Å². The number of nitrogens with one attached hydrogen (secondary N) is 2. The number of nitrogens with two attached hydrogens (primary N) is 1. The number of unbranched alkanes of at least 4 members (excludes halogenated alkanes) is 1. The third-order valence-corrected chi connectivity index (χ3v) is 5.10. The molecule has 0 aliphatic carbocycles. The molecule has 2 rings (SSSR count). The van der Waals surface area contributed by atoms with Gasteiger partial charge >= 0.3 is 12.1 Å². The monoisotopic (exact) mass is 532 g/mol. The van der Waals surface area contributed by atoms with E-state index in [1.807, 2.05) is 11.6 Å². The van der Waals surface area contributed by atoms with Gasteiger partial charge in [-0.2, -0.15) is 13.2 Å². The molecular formula is C23H28F4N4O4S. The summed E-state index contributed by atoms with van der Waals surface area (Å²) >= 11 is 0. The fraction of sp³-hybridized carbons (Fsp3) is 0.391. The van der Waals surface area contributed by atoms with Crippen LogP contribution in [0.2, 0.25) is 0 Å². The van der Waals surface area contributed by atoms with E-state index in [4.69, 9.17) is 17.3 Å². The van der Waals surface area contributed by atoms with Gasteiger partial charge in [0.1, 0.15) is 17.3 Å². The van der Waals surface area contributed by atoms with Crippen molar-refractivity contribution >= 4 is 27.5 Å². The van der Waals surface area contributed by atoms with Crippen LogP contribution in [0.25, 0.3) is 0 Å². The Balaban J connectivity index is 0.000000369. The number of terminal acetylenes is 1. The lowest BCUT2D eigenvalue weighted by atomic mass is 10.1. The number of benzene rings is 1. The summed E-state index contributed by atoms with van der Waals surface area (Å²) in [5, 5.41) is 11.5. The highest BCUT2D eigenvalue weighted by Gasteiger charge is 2.33. The molecule has 0 saturated heterocycles. The number of aryl methyl sites for hydroxylation is 1. The molecule has 1 aromatic carbocycles. The van der Waals surface area contributed by atoms with Gasteiger partial charge in [0.05, 0.1) is 17.5 Å². The largest absolute Gasteiger partial charge is 0.481 e. The minimum atomic E-state index is -4.51. The van der Waals surface area contributed by atoms with E-state index >= 15 is 0 Å². The second-order valence-corrected chi connectivity index (χ2v) is 9.35. The molecule has 36 heavy (non-hydrogen) atoms. The average Bonchev–Trinajstić information content (AvgIpc) is 2.78. The number of hydrogen-bond donors (Lipinski definition) is 4. The van der Waals surface area contributed by atoms with Gasteiger partial charge in [-0.25, -0.2) is 17.8 Å². The van der Waals surface area contributed by atoms with Crippen molar-refractivity contribution in [2.75, 3.05) is 22.8 Å². The molecule has 13 heteroatoms. The van der Waals surface area contributed by atoms with Crippen molar-refractivity contribution in [1.82, 2.24) is 4.98 Å². The molecule has 0 spiro atoms. The van der Waals surface area contributed by atoms with Crippen LogP contribution in [0.1, 0.15) is 48.6 Å². The van der Waals surface area contributed by atoms with Gasteiger partial charge in [-0.15, -0.1) is 6.42 Å². The highest BCUT2D eigenvalue weighted by Crippen LogP contribution is 2.30. The maximum Gasteiger partial charge on any atom is 0.433 e. The first-order valence-electron chi connectivity index (χ1n) is 10.7. The minimum Gasteiger partial charge on any atom is -0.481 e. The van der Waals surface area contributed by atoms with Crippen molar-refractivity contribution in [2.45, 2.75) is 45.3 Å². The number of carboxylic acid groups (broad SMARTS) is 1. The first-order valence-corrected chi connectivity index (χ1v) is 12.6. The summed E-state index contributed by atoms with van der Waals surface area (Å²) in [6.07, 6.45) is 3.29. The number of pyridine rings is 1. The van der Waals surface area contributed by atoms with E-state index in [1.165, 1.54) is 12.1 Å². The molecule has 0 aliphatic heterocycles. The molecule has 0 radical (unpaired) electrons. The Labute approximate surface area is 207 Å². The van der Waals surface area contributed by atoms with Crippen LogP contribution in [-0.4, -0.2) is 37.3 Å². The summed E-state index contributed by atoms with van der Waals surface area (Å²) in [7, 11) is -3.57. The van der Waals surface area contributed by atoms with Gasteiger partial charge in [0, 0.05) is 19.5 Å². The highest BCUT2D eigenvalue weighted by atomic mass is 32.2. The van der Waals surface area contributed by atoms with Gasteiger partial charge in [-0.3, -0.25) is 9.52 Å². The zero-order valence-electron chi connectivity index (χ0n) is 19.7. The quantitative estimate of drug-likeness (QED) is 0.207. The molecule has 0 aliphatic rings. The number of alkyl halides is 3. The smallest absolute Gasteiger partial charge is 0.433 e. The van der Waals surface area contributed by atoms with Gasteiger partial charge < -0.3 is 16.2 Å². The number of rotatable bonds is 10.